The van der Waals surface area contributed by atoms with Gasteiger partial charge < -0.3 is 15.5 Å². The molecular weight excluding hydrogens is 198 g/mol. The third-order valence-electron chi connectivity index (χ3n) is 3.72. The van der Waals surface area contributed by atoms with Gasteiger partial charge in [-0.15, -0.1) is 0 Å². The van der Waals surface area contributed by atoms with E-state index in [4.69, 9.17) is 5.73 Å². The van der Waals surface area contributed by atoms with Gasteiger partial charge in [-0.3, -0.25) is 0 Å². The molecule has 0 aliphatic carbocycles. The molecule has 1 heterocycles. The summed E-state index contributed by atoms with van der Waals surface area (Å²) in [5.74, 6) is 0. The predicted molar refractivity (Wildman–Crippen MR) is 70.6 cm³/mol. The second kappa shape index (κ2) is 5.99. The van der Waals surface area contributed by atoms with Crippen molar-refractivity contribution in [2.45, 2.75) is 39.2 Å². The minimum Gasteiger partial charge on any atom is -0.330 e. The molecule has 0 saturated carbocycles. The average molecular weight is 227 g/mol. The maximum Gasteiger partial charge on any atom is 0.0220 e. The highest BCUT2D eigenvalue weighted by molar-refractivity contribution is 4.81. The monoisotopic (exact) mass is 227 g/mol. The van der Waals surface area contributed by atoms with Crippen LogP contribution in [0.25, 0.3) is 0 Å². The van der Waals surface area contributed by atoms with Crippen LogP contribution >= 0.6 is 0 Å². The lowest BCUT2D eigenvalue weighted by atomic mass is 9.88. The number of hydrogen-bond donors (Lipinski definition) is 1. The summed E-state index contributed by atoms with van der Waals surface area (Å²) in [5, 5.41) is 0. The van der Waals surface area contributed by atoms with Gasteiger partial charge in [0, 0.05) is 19.1 Å². The number of nitrogens with two attached hydrogens (primary N) is 1. The molecule has 0 spiro atoms. The lowest BCUT2D eigenvalue weighted by Gasteiger charge is -2.39. The Kier molecular flexibility index (Phi) is 5.22. The van der Waals surface area contributed by atoms with E-state index >= 15 is 0 Å². The summed E-state index contributed by atoms with van der Waals surface area (Å²) in [6, 6.07) is 0.732. The van der Waals surface area contributed by atoms with Crippen molar-refractivity contribution in [3.8, 4) is 0 Å². The Balaban J connectivity index is 2.41. The van der Waals surface area contributed by atoms with Crippen molar-refractivity contribution >= 4 is 0 Å². The predicted octanol–water partition coefficient (Wildman–Crippen LogP) is 1.39. The van der Waals surface area contributed by atoms with Crippen molar-refractivity contribution < 1.29 is 0 Å². The van der Waals surface area contributed by atoms with Gasteiger partial charge in [-0.2, -0.15) is 0 Å². The van der Waals surface area contributed by atoms with Gasteiger partial charge in [-0.25, -0.2) is 0 Å². The van der Waals surface area contributed by atoms with Gasteiger partial charge in [-0.1, -0.05) is 13.8 Å². The largest absolute Gasteiger partial charge is 0.330 e. The van der Waals surface area contributed by atoms with Crippen molar-refractivity contribution in [3.63, 3.8) is 0 Å². The SMILES string of the molecule is CN1CCCC(N(C)CC(C)(C)CCN)C1. The molecule has 96 valence electrons. The van der Waals surface area contributed by atoms with Crippen LogP contribution in [0.15, 0.2) is 0 Å². The third kappa shape index (κ3) is 4.40. The summed E-state index contributed by atoms with van der Waals surface area (Å²) in [4.78, 5) is 4.98. The van der Waals surface area contributed by atoms with Gasteiger partial charge >= 0.3 is 0 Å². The smallest absolute Gasteiger partial charge is 0.0220 e. The summed E-state index contributed by atoms with van der Waals surface area (Å²) in [6.45, 7) is 9.08. The maximum atomic E-state index is 5.66. The zero-order chi connectivity index (χ0) is 12.2. The van der Waals surface area contributed by atoms with Gasteiger partial charge in [0.25, 0.3) is 0 Å². The van der Waals surface area contributed by atoms with Crippen LogP contribution in [0.3, 0.4) is 0 Å². The van der Waals surface area contributed by atoms with Crippen LogP contribution in [0.5, 0.6) is 0 Å². The molecule has 1 aliphatic rings. The first-order valence-corrected chi connectivity index (χ1v) is 6.53. The van der Waals surface area contributed by atoms with Crippen molar-refractivity contribution in [2.24, 2.45) is 11.1 Å². The van der Waals surface area contributed by atoms with Crippen LogP contribution in [-0.4, -0.2) is 56.1 Å². The summed E-state index contributed by atoms with van der Waals surface area (Å²) >= 11 is 0. The number of likely N-dealkylation sites (tertiary alicyclic amines) is 1. The number of piperidine rings is 1. The first kappa shape index (κ1) is 13.9. The normalized spacial score (nSPS) is 24.0. The van der Waals surface area contributed by atoms with Gasteiger partial charge in [0.05, 0.1) is 0 Å². The fourth-order valence-corrected chi connectivity index (χ4v) is 2.77. The zero-order valence-corrected chi connectivity index (χ0v) is 11.5. The average Bonchev–Trinajstić information content (AvgIpc) is 2.16. The molecular formula is C13H29N3. The molecule has 1 fully saturated rings. The third-order valence-corrected chi connectivity index (χ3v) is 3.72. The fraction of sp³-hybridized carbons (Fsp3) is 1.00. The minimum absolute atomic E-state index is 0.347. The van der Waals surface area contributed by atoms with Crippen LogP contribution in [0.4, 0.5) is 0 Å². The molecule has 1 aliphatic heterocycles. The highest BCUT2D eigenvalue weighted by atomic mass is 15.2. The topological polar surface area (TPSA) is 32.5 Å². The number of rotatable bonds is 5. The van der Waals surface area contributed by atoms with Crippen molar-refractivity contribution in [3.05, 3.63) is 0 Å². The van der Waals surface area contributed by atoms with E-state index in [1.807, 2.05) is 0 Å². The molecule has 1 rings (SSSR count). The lowest BCUT2D eigenvalue weighted by Crippen LogP contribution is -2.47. The van der Waals surface area contributed by atoms with E-state index in [2.05, 4.69) is 37.7 Å². The number of nitrogens with zero attached hydrogens (tertiary/aromatic N) is 2. The summed E-state index contributed by atoms with van der Waals surface area (Å²) < 4.78 is 0. The molecule has 1 atom stereocenters. The van der Waals surface area contributed by atoms with E-state index in [0.717, 1.165) is 25.6 Å². The Bertz CT molecular complexity index is 203. The molecule has 1 unspecified atom stereocenters. The molecule has 3 nitrogen and oxygen atoms in total. The standard InChI is InChI=1S/C13H29N3/c1-13(2,7-8-14)11-16(4)12-6-5-9-15(3)10-12/h12H,5-11,14H2,1-4H3. The minimum atomic E-state index is 0.347. The van der Waals surface area contributed by atoms with Gasteiger partial charge in [0.15, 0.2) is 0 Å². The van der Waals surface area contributed by atoms with Crippen molar-refractivity contribution in [1.29, 1.82) is 0 Å². The first-order chi connectivity index (χ1) is 7.44. The number of likely N-dealkylation sites (N-methyl/N-ethyl adjacent to an activating group) is 2. The molecule has 0 bridgehead atoms. The molecule has 1 saturated heterocycles. The van der Waals surface area contributed by atoms with E-state index in [1.165, 1.54) is 25.9 Å². The van der Waals surface area contributed by atoms with E-state index in [-0.39, 0.29) is 0 Å². The first-order valence-electron chi connectivity index (χ1n) is 6.53. The Hall–Kier alpha value is -0.120. The fourth-order valence-electron chi connectivity index (χ4n) is 2.77. The second-order valence-corrected chi connectivity index (χ2v) is 6.18. The Morgan fingerprint density at radius 3 is 2.69 bits per heavy atom. The van der Waals surface area contributed by atoms with Crippen LogP contribution in [0.2, 0.25) is 0 Å². The van der Waals surface area contributed by atoms with Gasteiger partial charge in [0.2, 0.25) is 0 Å². The van der Waals surface area contributed by atoms with E-state index in [0.29, 0.717) is 5.41 Å². The molecule has 0 amide bonds. The molecule has 0 radical (unpaired) electrons. The molecule has 16 heavy (non-hydrogen) atoms. The van der Waals surface area contributed by atoms with Crippen LogP contribution < -0.4 is 5.73 Å². The molecule has 3 heteroatoms. The molecule has 0 aromatic carbocycles. The summed E-state index contributed by atoms with van der Waals surface area (Å²) in [6.07, 6.45) is 3.79. The quantitative estimate of drug-likeness (QED) is 0.770. The van der Waals surface area contributed by atoms with E-state index < -0.39 is 0 Å². The lowest BCUT2D eigenvalue weighted by molar-refractivity contribution is 0.0968. The van der Waals surface area contributed by atoms with Gasteiger partial charge in [0.1, 0.15) is 0 Å². The Morgan fingerprint density at radius 2 is 2.12 bits per heavy atom. The summed E-state index contributed by atoms with van der Waals surface area (Å²) in [7, 11) is 4.49. The second-order valence-electron chi connectivity index (χ2n) is 6.18. The van der Waals surface area contributed by atoms with Crippen LogP contribution in [0, 0.1) is 5.41 Å². The van der Waals surface area contributed by atoms with E-state index in [9.17, 15) is 0 Å². The van der Waals surface area contributed by atoms with Gasteiger partial charge in [-0.05, 0) is 51.9 Å². The maximum absolute atomic E-state index is 5.66. The van der Waals surface area contributed by atoms with Crippen LogP contribution in [-0.2, 0) is 0 Å². The van der Waals surface area contributed by atoms with Crippen molar-refractivity contribution in [1.82, 2.24) is 9.80 Å². The molecule has 0 aromatic heterocycles. The Labute approximate surface area is 101 Å². The summed E-state index contributed by atoms with van der Waals surface area (Å²) in [5.41, 5.74) is 6.01. The van der Waals surface area contributed by atoms with E-state index in [1.54, 1.807) is 0 Å². The molecule has 0 aromatic rings. The number of hydrogen-bond acceptors (Lipinski definition) is 3. The highest BCUT2D eigenvalue weighted by Crippen LogP contribution is 2.23. The van der Waals surface area contributed by atoms with Crippen LogP contribution in [0.1, 0.15) is 33.1 Å². The molecule has 2 N–H and O–H groups in total. The van der Waals surface area contributed by atoms with Crippen molar-refractivity contribution in [2.75, 3.05) is 40.3 Å². The Morgan fingerprint density at radius 1 is 1.44 bits per heavy atom. The zero-order valence-electron chi connectivity index (χ0n) is 11.5. The highest BCUT2D eigenvalue weighted by Gasteiger charge is 2.26.